The molecule has 0 N–H and O–H groups in total. The Kier molecular flexibility index (Phi) is 5.69. The van der Waals surface area contributed by atoms with E-state index in [9.17, 15) is 9.59 Å². The van der Waals surface area contributed by atoms with Crippen LogP contribution in [0.4, 0.5) is 0 Å². The van der Waals surface area contributed by atoms with Gasteiger partial charge >= 0.3 is 0 Å². The Morgan fingerprint density at radius 1 is 1.26 bits per heavy atom. The lowest BCUT2D eigenvalue weighted by Crippen LogP contribution is -2.13. The maximum Gasteiger partial charge on any atom is 0.156 e. The van der Waals surface area contributed by atoms with Gasteiger partial charge in [-0.1, -0.05) is 19.9 Å². The first-order chi connectivity index (χ1) is 14.8. The molecule has 2 aromatic rings. The van der Waals surface area contributed by atoms with Crippen LogP contribution in [0.25, 0.3) is 6.08 Å². The highest BCUT2D eigenvalue weighted by atomic mass is 16.5. The van der Waals surface area contributed by atoms with Gasteiger partial charge in [-0.25, -0.2) is 0 Å². The number of allylic oxidation sites excluding steroid dienone is 1. The summed E-state index contributed by atoms with van der Waals surface area (Å²) in [5, 5.41) is 0. The van der Waals surface area contributed by atoms with Crippen molar-refractivity contribution in [3.8, 4) is 17.2 Å². The van der Waals surface area contributed by atoms with Gasteiger partial charge in [0.05, 0.1) is 18.5 Å². The van der Waals surface area contributed by atoms with Crippen LogP contribution in [0.2, 0.25) is 0 Å². The highest BCUT2D eigenvalue weighted by molar-refractivity contribution is 6.02. The molecular weight excluding hydrogens is 390 g/mol. The van der Waals surface area contributed by atoms with Crippen molar-refractivity contribution in [2.75, 3.05) is 6.61 Å². The minimum Gasteiger partial charge on any atom is -0.492 e. The Labute approximate surface area is 183 Å². The summed E-state index contributed by atoms with van der Waals surface area (Å²) in [7, 11) is 0. The van der Waals surface area contributed by atoms with Crippen molar-refractivity contribution < 1.29 is 19.1 Å². The number of ether oxygens (including phenoxy) is 2. The number of fused-ring (bicyclic) bond motifs is 2. The van der Waals surface area contributed by atoms with E-state index in [1.54, 1.807) is 12.3 Å². The molecule has 1 aromatic carbocycles. The van der Waals surface area contributed by atoms with Crippen molar-refractivity contribution in [3.05, 3.63) is 52.9 Å². The molecule has 2 heterocycles. The smallest absolute Gasteiger partial charge is 0.156 e. The summed E-state index contributed by atoms with van der Waals surface area (Å²) in [4.78, 5) is 28.7. The number of hydrogen-bond acceptors (Lipinski definition) is 5. The number of aryl methyl sites for hydroxylation is 1. The van der Waals surface area contributed by atoms with Crippen LogP contribution in [0.3, 0.4) is 0 Å². The molecule has 1 aliphatic heterocycles. The molecule has 1 atom stereocenters. The Morgan fingerprint density at radius 3 is 2.65 bits per heavy atom. The van der Waals surface area contributed by atoms with E-state index < -0.39 is 0 Å². The second kappa shape index (κ2) is 8.29. The molecule has 5 heteroatoms. The lowest BCUT2D eigenvalue weighted by atomic mass is 9.95. The van der Waals surface area contributed by atoms with Crippen molar-refractivity contribution in [1.29, 1.82) is 0 Å². The van der Waals surface area contributed by atoms with Crippen LogP contribution < -0.4 is 9.47 Å². The molecule has 0 amide bonds. The topological polar surface area (TPSA) is 65.5 Å². The number of pyridine rings is 1. The van der Waals surface area contributed by atoms with Gasteiger partial charge in [-0.2, -0.15) is 0 Å². The average Bonchev–Trinajstić information content (AvgIpc) is 3.43. The molecule has 2 aliphatic rings. The number of aromatic nitrogens is 1. The number of benzene rings is 1. The maximum atomic E-state index is 12.3. The first-order valence-electron chi connectivity index (χ1n) is 11.0. The number of hydrogen-bond donors (Lipinski definition) is 0. The van der Waals surface area contributed by atoms with Crippen LogP contribution in [0.1, 0.15) is 63.3 Å². The molecule has 4 rings (SSSR count). The van der Waals surface area contributed by atoms with Gasteiger partial charge in [-0.15, -0.1) is 0 Å². The zero-order valence-electron chi connectivity index (χ0n) is 18.7. The van der Waals surface area contributed by atoms with Crippen LogP contribution in [0.15, 0.2) is 36.0 Å². The summed E-state index contributed by atoms with van der Waals surface area (Å²) in [6.45, 7) is 8.14. The molecule has 1 aliphatic carbocycles. The molecule has 5 nitrogen and oxygen atoms in total. The average molecular weight is 420 g/mol. The third-order valence-electron chi connectivity index (χ3n) is 6.48. The molecule has 1 saturated carbocycles. The second-order valence-electron chi connectivity index (χ2n) is 8.85. The third-order valence-corrected chi connectivity index (χ3v) is 6.48. The molecule has 0 bridgehead atoms. The Balaban J connectivity index is 1.53. The summed E-state index contributed by atoms with van der Waals surface area (Å²) in [5.74, 6) is 2.33. The molecule has 0 unspecified atom stereocenters. The monoisotopic (exact) mass is 419 g/mol. The molecular formula is C26H29NO4. The largest absolute Gasteiger partial charge is 0.492 e. The van der Waals surface area contributed by atoms with Crippen molar-refractivity contribution in [3.63, 3.8) is 0 Å². The van der Waals surface area contributed by atoms with Gasteiger partial charge in [-0.3, -0.25) is 14.6 Å². The highest BCUT2D eigenvalue weighted by Crippen LogP contribution is 2.59. The zero-order valence-corrected chi connectivity index (χ0v) is 18.7. The standard InChI is InChI=1S/C26H29NO4/c1-5-16(2)22(29)13-19(18(4)28)12-20-7-8-21(14-27-20)31-23-9-6-17(3)25-24(23)26(10-11-26)15-30-25/h6-9,12,14,16H,5,10-11,13,15H2,1-4H3/b19-12-/t16-/m1/s1. The van der Waals surface area contributed by atoms with Crippen LogP contribution in [0.5, 0.6) is 17.2 Å². The van der Waals surface area contributed by atoms with Gasteiger partial charge in [0.2, 0.25) is 0 Å². The van der Waals surface area contributed by atoms with E-state index in [-0.39, 0.29) is 29.3 Å². The molecule has 1 fully saturated rings. The zero-order chi connectivity index (χ0) is 22.2. The quantitative estimate of drug-likeness (QED) is 0.522. The summed E-state index contributed by atoms with van der Waals surface area (Å²) >= 11 is 0. The second-order valence-corrected chi connectivity index (χ2v) is 8.85. The number of rotatable bonds is 8. The lowest BCUT2D eigenvalue weighted by Gasteiger charge is -2.14. The van der Waals surface area contributed by atoms with Gasteiger partial charge < -0.3 is 9.47 Å². The summed E-state index contributed by atoms with van der Waals surface area (Å²) < 4.78 is 12.1. The summed E-state index contributed by atoms with van der Waals surface area (Å²) in [5.41, 5.74) is 3.54. The molecule has 162 valence electrons. The normalized spacial score (nSPS) is 17.1. The summed E-state index contributed by atoms with van der Waals surface area (Å²) in [6, 6.07) is 7.68. The van der Waals surface area contributed by atoms with Gasteiger partial charge in [-0.05, 0) is 62.9 Å². The SMILES string of the molecule is CC[C@@H](C)C(=O)C/C(=C/c1ccc(Oc2ccc(C)c3c2C2(CC2)CO3)cn1)C(C)=O. The Hall–Kier alpha value is -2.95. The predicted molar refractivity (Wildman–Crippen MR) is 120 cm³/mol. The molecule has 0 saturated heterocycles. The number of nitrogens with zero attached hydrogens (tertiary/aromatic N) is 1. The molecule has 1 aromatic heterocycles. The van der Waals surface area contributed by atoms with Gasteiger partial charge in [0.1, 0.15) is 23.0 Å². The Bertz CT molecular complexity index is 1050. The highest BCUT2D eigenvalue weighted by Gasteiger charge is 2.53. The van der Waals surface area contributed by atoms with Crippen molar-refractivity contribution in [2.24, 2.45) is 5.92 Å². The van der Waals surface area contributed by atoms with Crippen LogP contribution >= 0.6 is 0 Å². The molecule has 31 heavy (non-hydrogen) atoms. The van der Waals surface area contributed by atoms with Crippen molar-refractivity contribution in [2.45, 2.75) is 58.8 Å². The van der Waals surface area contributed by atoms with Crippen LogP contribution in [0, 0.1) is 12.8 Å². The third kappa shape index (κ3) is 4.27. The van der Waals surface area contributed by atoms with E-state index in [0.29, 0.717) is 17.0 Å². The van der Waals surface area contributed by atoms with Crippen LogP contribution in [-0.2, 0) is 15.0 Å². The van der Waals surface area contributed by atoms with Gasteiger partial charge in [0, 0.05) is 28.9 Å². The fourth-order valence-electron chi connectivity index (χ4n) is 3.98. The van der Waals surface area contributed by atoms with E-state index in [1.807, 2.05) is 38.1 Å². The fourth-order valence-corrected chi connectivity index (χ4v) is 3.98. The first kappa shape index (κ1) is 21.3. The van der Waals surface area contributed by atoms with Gasteiger partial charge in [0.25, 0.3) is 0 Å². The number of Topliss-reactive ketones (excluding diaryl/α,β-unsaturated/α-hetero) is 2. The maximum absolute atomic E-state index is 12.3. The minimum atomic E-state index is -0.108. The predicted octanol–water partition coefficient (Wildman–Crippen LogP) is 5.58. The van der Waals surface area contributed by atoms with E-state index in [2.05, 4.69) is 11.9 Å². The summed E-state index contributed by atoms with van der Waals surface area (Å²) in [6.07, 6.45) is 6.52. The van der Waals surface area contributed by atoms with Crippen molar-refractivity contribution in [1.82, 2.24) is 4.98 Å². The van der Waals surface area contributed by atoms with E-state index in [0.717, 1.165) is 42.9 Å². The van der Waals surface area contributed by atoms with E-state index >= 15 is 0 Å². The number of ketones is 2. The van der Waals surface area contributed by atoms with E-state index in [1.165, 1.54) is 12.5 Å². The number of carbonyl (C=O) groups excluding carboxylic acids is 2. The fraction of sp³-hybridized carbons (Fsp3) is 0.423. The number of carbonyl (C=O) groups is 2. The van der Waals surface area contributed by atoms with Crippen LogP contribution in [-0.4, -0.2) is 23.2 Å². The molecule has 1 spiro atoms. The van der Waals surface area contributed by atoms with Crippen molar-refractivity contribution >= 4 is 17.6 Å². The minimum absolute atomic E-state index is 0.0542. The van der Waals surface area contributed by atoms with E-state index in [4.69, 9.17) is 9.47 Å². The lowest BCUT2D eigenvalue weighted by molar-refractivity contribution is -0.123. The Morgan fingerprint density at radius 2 is 2.03 bits per heavy atom. The first-order valence-corrected chi connectivity index (χ1v) is 11.0. The molecule has 0 radical (unpaired) electrons. The van der Waals surface area contributed by atoms with Gasteiger partial charge in [0.15, 0.2) is 5.78 Å².